The molecule has 0 unspecified atom stereocenters. The van der Waals surface area contributed by atoms with Gasteiger partial charge in [-0.3, -0.25) is 0 Å². The van der Waals surface area contributed by atoms with E-state index in [0.717, 1.165) is 37.1 Å². The molecule has 1 N–H and O–H groups in total. The highest BCUT2D eigenvalue weighted by atomic mass is 16.5. The summed E-state index contributed by atoms with van der Waals surface area (Å²) >= 11 is 0. The first kappa shape index (κ1) is 13.9. The van der Waals surface area contributed by atoms with Gasteiger partial charge in [-0.15, -0.1) is 0 Å². The zero-order valence-electron chi connectivity index (χ0n) is 12.4. The molecule has 0 heterocycles. The molecule has 2 heteroatoms. The Balaban J connectivity index is 1.27. The number of hydrogen-bond donors (Lipinski definition) is 1. The molecule has 3 aliphatic carbocycles. The minimum Gasteiger partial charge on any atom is -0.381 e. The van der Waals surface area contributed by atoms with Crippen LogP contribution in [0.4, 0.5) is 0 Å². The second kappa shape index (κ2) is 7.08. The Morgan fingerprint density at radius 1 is 0.632 bits per heavy atom. The third kappa shape index (κ3) is 4.75. The van der Waals surface area contributed by atoms with Crippen molar-refractivity contribution in [2.75, 3.05) is 13.2 Å². The lowest BCUT2D eigenvalue weighted by Gasteiger charge is -2.33. The van der Waals surface area contributed by atoms with Crippen LogP contribution in [0, 0.1) is 11.8 Å². The molecule has 0 aliphatic heterocycles. The van der Waals surface area contributed by atoms with Gasteiger partial charge in [0.25, 0.3) is 0 Å². The van der Waals surface area contributed by atoms with Crippen LogP contribution in [-0.4, -0.2) is 25.3 Å². The average molecular weight is 265 g/mol. The lowest BCUT2D eigenvalue weighted by molar-refractivity contribution is 0.0729. The van der Waals surface area contributed by atoms with Gasteiger partial charge in [-0.2, -0.15) is 0 Å². The van der Waals surface area contributed by atoms with Crippen molar-refractivity contribution in [1.29, 1.82) is 0 Å². The van der Waals surface area contributed by atoms with Crippen molar-refractivity contribution in [3.63, 3.8) is 0 Å². The largest absolute Gasteiger partial charge is 0.381 e. The van der Waals surface area contributed by atoms with Gasteiger partial charge in [-0.1, -0.05) is 19.3 Å². The zero-order valence-corrected chi connectivity index (χ0v) is 12.4. The Hall–Kier alpha value is -0.0800. The van der Waals surface area contributed by atoms with E-state index < -0.39 is 0 Å². The summed E-state index contributed by atoms with van der Waals surface area (Å²) in [5.74, 6) is 1.77. The standard InChI is InChI=1S/C17H31NO/c1-2-4-16(5-3-1)18-17-10-8-15(9-11-17)13-19-12-14-6-7-14/h14-18H,1-13H2/t15-,17-. The summed E-state index contributed by atoms with van der Waals surface area (Å²) in [4.78, 5) is 0. The molecule has 0 aromatic rings. The Morgan fingerprint density at radius 2 is 1.16 bits per heavy atom. The van der Waals surface area contributed by atoms with Crippen molar-refractivity contribution in [3.05, 3.63) is 0 Å². The summed E-state index contributed by atoms with van der Waals surface area (Å²) in [6.45, 7) is 2.08. The molecular weight excluding hydrogens is 234 g/mol. The first-order chi connectivity index (χ1) is 9.40. The maximum absolute atomic E-state index is 5.86. The van der Waals surface area contributed by atoms with Gasteiger partial charge in [0.1, 0.15) is 0 Å². The minimum atomic E-state index is 0.808. The van der Waals surface area contributed by atoms with Gasteiger partial charge in [-0.25, -0.2) is 0 Å². The smallest absolute Gasteiger partial charge is 0.0494 e. The van der Waals surface area contributed by atoms with E-state index in [2.05, 4.69) is 5.32 Å². The summed E-state index contributed by atoms with van der Waals surface area (Å²) in [6.07, 6.45) is 15.6. The van der Waals surface area contributed by atoms with Crippen LogP contribution in [0.2, 0.25) is 0 Å². The van der Waals surface area contributed by atoms with E-state index >= 15 is 0 Å². The van der Waals surface area contributed by atoms with Gasteiger partial charge >= 0.3 is 0 Å². The van der Waals surface area contributed by atoms with E-state index in [9.17, 15) is 0 Å². The molecule has 19 heavy (non-hydrogen) atoms. The van der Waals surface area contributed by atoms with Crippen molar-refractivity contribution in [3.8, 4) is 0 Å². The molecule has 110 valence electrons. The minimum absolute atomic E-state index is 0.808. The molecule has 3 aliphatic rings. The van der Waals surface area contributed by atoms with Crippen LogP contribution in [0.25, 0.3) is 0 Å². The van der Waals surface area contributed by atoms with Gasteiger partial charge in [0, 0.05) is 25.3 Å². The van der Waals surface area contributed by atoms with E-state index in [4.69, 9.17) is 4.74 Å². The van der Waals surface area contributed by atoms with Gasteiger partial charge in [0.05, 0.1) is 0 Å². The number of nitrogens with one attached hydrogen (secondary N) is 1. The van der Waals surface area contributed by atoms with Crippen molar-refractivity contribution in [1.82, 2.24) is 5.32 Å². The summed E-state index contributed by atoms with van der Waals surface area (Å²) in [5, 5.41) is 3.92. The summed E-state index contributed by atoms with van der Waals surface area (Å²) in [6, 6.07) is 1.64. The molecule has 0 radical (unpaired) electrons. The summed E-state index contributed by atoms with van der Waals surface area (Å²) in [7, 11) is 0. The van der Waals surface area contributed by atoms with Crippen molar-refractivity contribution < 1.29 is 4.74 Å². The van der Waals surface area contributed by atoms with Gasteiger partial charge < -0.3 is 10.1 Å². The van der Waals surface area contributed by atoms with Crippen LogP contribution in [0.1, 0.15) is 70.6 Å². The SMILES string of the molecule is C1CCC(N[C@H]2CC[C@H](COCC3CC3)CC2)CC1. The van der Waals surface area contributed by atoms with Crippen LogP contribution < -0.4 is 5.32 Å². The summed E-state index contributed by atoms with van der Waals surface area (Å²) < 4.78 is 5.86. The molecule has 0 atom stereocenters. The number of ether oxygens (including phenoxy) is 1. The van der Waals surface area contributed by atoms with Crippen LogP contribution in [0.3, 0.4) is 0 Å². The maximum atomic E-state index is 5.86. The molecular formula is C17H31NO. The molecule has 0 saturated heterocycles. The number of rotatable bonds is 6. The fourth-order valence-electron chi connectivity index (χ4n) is 3.78. The fraction of sp³-hybridized carbons (Fsp3) is 1.00. The quantitative estimate of drug-likeness (QED) is 0.786. The molecule has 2 nitrogen and oxygen atoms in total. The van der Waals surface area contributed by atoms with Gasteiger partial charge in [0.15, 0.2) is 0 Å². The third-order valence-electron chi connectivity index (χ3n) is 5.33. The monoisotopic (exact) mass is 265 g/mol. The zero-order chi connectivity index (χ0) is 12.9. The molecule has 3 rings (SSSR count). The van der Waals surface area contributed by atoms with Crippen molar-refractivity contribution >= 4 is 0 Å². The molecule has 3 fully saturated rings. The van der Waals surface area contributed by atoms with Crippen molar-refractivity contribution in [2.24, 2.45) is 11.8 Å². The predicted molar refractivity (Wildman–Crippen MR) is 79.3 cm³/mol. The van der Waals surface area contributed by atoms with Crippen LogP contribution >= 0.6 is 0 Å². The van der Waals surface area contributed by atoms with Crippen LogP contribution in [0.15, 0.2) is 0 Å². The molecule has 0 aromatic carbocycles. The van der Waals surface area contributed by atoms with E-state index in [1.54, 1.807) is 0 Å². The summed E-state index contributed by atoms with van der Waals surface area (Å²) in [5.41, 5.74) is 0. The Morgan fingerprint density at radius 3 is 1.74 bits per heavy atom. The van der Waals surface area contributed by atoms with E-state index in [-0.39, 0.29) is 0 Å². The highest BCUT2D eigenvalue weighted by Gasteiger charge is 2.25. The van der Waals surface area contributed by atoms with Crippen LogP contribution in [0.5, 0.6) is 0 Å². The number of hydrogen-bond acceptors (Lipinski definition) is 2. The lowest BCUT2D eigenvalue weighted by Crippen LogP contribution is -2.41. The topological polar surface area (TPSA) is 21.3 Å². The van der Waals surface area contributed by atoms with Gasteiger partial charge in [0.2, 0.25) is 0 Å². The third-order valence-corrected chi connectivity index (χ3v) is 5.33. The first-order valence-electron chi connectivity index (χ1n) is 8.74. The molecule has 0 aromatic heterocycles. The average Bonchev–Trinajstić information content (AvgIpc) is 3.26. The first-order valence-corrected chi connectivity index (χ1v) is 8.74. The highest BCUT2D eigenvalue weighted by molar-refractivity contribution is 4.82. The van der Waals surface area contributed by atoms with E-state index in [1.165, 1.54) is 70.6 Å². The lowest BCUT2D eigenvalue weighted by atomic mass is 9.85. The fourth-order valence-corrected chi connectivity index (χ4v) is 3.78. The molecule has 3 saturated carbocycles. The highest BCUT2D eigenvalue weighted by Crippen LogP contribution is 2.30. The van der Waals surface area contributed by atoms with E-state index in [0.29, 0.717) is 0 Å². The Labute approximate surface area is 118 Å². The Kier molecular flexibility index (Phi) is 5.17. The second-order valence-electron chi connectivity index (χ2n) is 7.20. The van der Waals surface area contributed by atoms with Crippen molar-refractivity contribution in [2.45, 2.75) is 82.7 Å². The predicted octanol–water partition coefficient (Wildman–Crippen LogP) is 3.89. The normalized spacial score (nSPS) is 33.5. The second-order valence-corrected chi connectivity index (χ2v) is 7.20. The van der Waals surface area contributed by atoms with E-state index in [1.807, 2.05) is 0 Å². The molecule has 0 amide bonds. The maximum Gasteiger partial charge on any atom is 0.0494 e. The van der Waals surface area contributed by atoms with Gasteiger partial charge in [-0.05, 0) is 63.2 Å². The van der Waals surface area contributed by atoms with Crippen LogP contribution in [-0.2, 0) is 4.74 Å². The molecule has 0 bridgehead atoms. The Bertz CT molecular complexity index is 250. The molecule has 0 spiro atoms.